The Hall–Kier alpha value is -1.27. The summed E-state index contributed by atoms with van der Waals surface area (Å²) in [7, 11) is 1.86. The first-order valence-corrected chi connectivity index (χ1v) is 8.02. The lowest BCUT2D eigenvalue weighted by atomic mass is 9.94. The number of nitrogens with zero attached hydrogens (tertiary/aromatic N) is 1. The second-order valence-electron chi connectivity index (χ2n) is 5.95. The number of nitrogens with one attached hydrogen (secondary N) is 1. The fraction of sp³-hybridized carbons (Fsp3) is 0.562. The number of carbonyl (C=O) groups is 1. The largest absolute Gasteiger partial charge is 0.416 e. The molecule has 3 nitrogen and oxygen atoms in total. The van der Waals surface area contributed by atoms with Crippen LogP contribution in [0.2, 0.25) is 5.02 Å². The van der Waals surface area contributed by atoms with Crippen molar-refractivity contribution in [3.63, 3.8) is 0 Å². The molecule has 7 heteroatoms. The normalized spacial score (nSPS) is 16.6. The molecular formula is C16H20ClF3N2O. The summed E-state index contributed by atoms with van der Waals surface area (Å²) >= 11 is 5.88. The highest BCUT2D eigenvalue weighted by Gasteiger charge is 2.31. The average Bonchev–Trinajstić information content (AvgIpc) is 2.49. The summed E-state index contributed by atoms with van der Waals surface area (Å²) in [4.78, 5) is 14.0. The van der Waals surface area contributed by atoms with Gasteiger partial charge in [0, 0.05) is 6.04 Å². The maximum Gasteiger partial charge on any atom is 0.416 e. The lowest BCUT2D eigenvalue weighted by molar-refractivity contribution is -0.137. The molecule has 2 rings (SSSR count). The van der Waals surface area contributed by atoms with Crippen LogP contribution in [0.1, 0.15) is 37.7 Å². The van der Waals surface area contributed by atoms with Gasteiger partial charge in [-0.15, -0.1) is 0 Å². The van der Waals surface area contributed by atoms with E-state index in [1.807, 2.05) is 11.9 Å². The Morgan fingerprint density at radius 1 is 1.30 bits per heavy atom. The number of hydrogen-bond acceptors (Lipinski definition) is 2. The summed E-state index contributed by atoms with van der Waals surface area (Å²) < 4.78 is 38.2. The molecule has 0 saturated heterocycles. The van der Waals surface area contributed by atoms with Crippen molar-refractivity contribution in [1.29, 1.82) is 0 Å². The molecule has 0 atom stereocenters. The Bertz CT molecular complexity index is 557. The molecule has 1 aliphatic rings. The highest BCUT2D eigenvalue weighted by atomic mass is 35.5. The van der Waals surface area contributed by atoms with Gasteiger partial charge in [-0.2, -0.15) is 13.2 Å². The van der Waals surface area contributed by atoms with E-state index in [9.17, 15) is 18.0 Å². The van der Waals surface area contributed by atoms with Crippen LogP contribution in [0.3, 0.4) is 0 Å². The van der Waals surface area contributed by atoms with Crippen molar-refractivity contribution in [3.05, 3.63) is 28.8 Å². The van der Waals surface area contributed by atoms with E-state index in [2.05, 4.69) is 5.32 Å². The van der Waals surface area contributed by atoms with Crippen molar-refractivity contribution in [2.24, 2.45) is 0 Å². The van der Waals surface area contributed by atoms with Crippen LogP contribution < -0.4 is 5.32 Å². The van der Waals surface area contributed by atoms with Crippen LogP contribution in [0, 0.1) is 0 Å². The van der Waals surface area contributed by atoms with Crippen LogP contribution in [0.25, 0.3) is 0 Å². The van der Waals surface area contributed by atoms with Crippen LogP contribution in [0.5, 0.6) is 0 Å². The first-order valence-electron chi connectivity index (χ1n) is 7.64. The summed E-state index contributed by atoms with van der Waals surface area (Å²) in [5.41, 5.74) is -0.846. The summed E-state index contributed by atoms with van der Waals surface area (Å²) in [6.45, 7) is 0.136. The fourth-order valence-corrected chi connectivity index (χ4v) is 3.03. The molecule has 0 aliphatic heterocycles. The number of carbonyl (C=O) groups excluding carboxylic acids is 1. The van der Waals surface area contributed by atoms with Crippen LogP contribution in [-0.4, -0.2) is 30.4 Å². The topological polar surface area (TPSA) is 32.3 Å². The average molecular weight is 349 g/mol. The quantitative estimate of drug-likeness (QED) is 0.865. The van der Waals surface area contributed by atoms with E-state index >= 15 is 0 Å². The van der Waals surface area contributed by atoms with Crippen molar-refractivity contribution in [2.45, 2.75) is 44.3 Å². The Labute approximate surface area is 138 Å². The number of halogens is 4. The summed E-state index contributed by atoms with van der Waals surface area (Å²) in [5, 5.41) is 2.57. The van der Waals surface area contributed by atoms with Gasteiger partial charge in [-0.25, -0.2) is 0 Å². The van der Waals surface area contributed by atoms with Crippen LogP contribution >= 0.6 is 11.6 Å². The Morgan fingerprint density at radius 3 is 2.57 bits per heavy atom. The summed E-state index contributed by atoms with van der Waals surface area (Å²) in [6, 6.07) is 3.25. The lowest BCUT2D eigenvalue weighted by Gasteiger charge is -2.30. The van der Waals surface area contributed by atoms with E-state index in [1.54, 1.807) is 0 Å². The molecule has 23 heavy (non-hydrogen) atoms. The van der Waals surface area contributed by atoms with Crippen LogP contribution in [-0.2, 0) is 11.0 Å². The van der Waals surface area contributed by atoms with Gasteiger partial charge in [-0.05, 0) is 38.1 Å². The molecule has 1 aromatic rings. The van der Waals surface area contributed by atoms with Gasteiger partial charge < -0.3 is 5.32 Å². The SMILES string of the molecule is CN(CC(=O)Nc1cc(C(F)(F)F)ccc1Cl)C1CCCCC1. The monoisotopic (exact) mass is 348 g/mol. The highest BCUT2D eigenvalue weighted by molar-refractivity contribution is 6.33. The Kier molecular flexibility index (Phi) is 5.92. The molecule has 0 spiro atoms. The predicted octanol–water partition coefficient (Wildman–Crippen LogP) is 4.56. The number of anilines is 1. The molecule has 1 fully saturated rings. The van der Waals surface area contributed by atoms with Gasteiger partial charge in [0.1, 0.15) is 0 Å². The molecule has 0 aromatic heterocycles. The van der Waals surface area contributed by atoms with E-state index in [0.717, 1.165) is 43.9 Å². The molecule has 1 aromatic carbocycles. The van der Waals surface area contributed by atoms with Gasteiger partial charge in [0.15, 0.2) is 0 Å². The zero-order valence-electron chi connectivity index (χ0n) is 12.9. The maximum absolute atomic E-state index is 12.7. The summed E-state index contributed by atoms with van der Waals surface area (Å²) in [5.74, 6) is -0.362. The first-order chi connectivity index (χ1) is 10.8. The van der Waals surface area contributed by atoms with E-state index in [1.165, 1.54) is 6.42 Å². The van der Waals surface area contributed by atoms with Crippen molar-refractivity contribution in [2.75, 3.05) is 18.9 Å². The minimum Gasteiger partial charge on any atom is -0.324 e. The third kappa shape index (κ3) is 5.11. The van der Waals surface area contributed by atoms with Gasteiger partial charge in [0.05, 0.1) is 22.8 Å². The van der Waals surface area contributed by atoms with E-state index in [-0.39, 0.29) is 23.2 Å². The highest BCUT2D eigenvalue weighted by Crippen LogP contribution is 2.33. The molecule has 0 radical (unpaired) electrons. The van der Waals surface area contributed by atoms with Crippen LogP contribution in [0.4, 0.5) is 18.9 Å². The van der Waals surface area contributed by atoms with Gasteiger partial charge in [0.25, 0.3) is 0 Å². The van der Waals surface area contributed by atoms with Gasteiger partial charge >= 0.3 is 6.18 Å². The molecule has 128 valence electrons. The Balaban J connectivity index is 1.99. The molecular weight excluding hydrogens is 329 g/mol. The molecule has 0 unspecified atom stereocenters. The third-order valence-corrected chi connectivity index (χ3v) is 4.49. The zero-order chi connectivity index (χ0) is 17.0. The number of likely N-dealkylation sites (N-methyl/N-ethyl adjacent to an activating group) is 1. The first kappa shape index (κ1) is 18.1. The maximum atomic E-state index is 12.7. The van der Waals surface area contributed by atoms with Gasteiger partial charge in [0.2, 0.25) is 5.91 Å². The molecule has 1 amide bonds. The van der Waals surface area contributed by atoms with Crippen molar-refractivity contribution in [3.8, 4) is 0 Å². The van der Waals surface area contributed by atoms with E-state index in [4.69, 9.17) is 11.6 Å². The van der Waals surface area contributed by atoms with Crippen LogP contribution in [0.15, 0.2) is 18.2 Å². The number of alkyl halides is 3. The van der Waals surface area contributed by atoms with Gasteiger partial charge in [-0.1, -0.05) is 30.9 Å². The number of hydrogen-bond donors (Lipinski definition) is 1. The molecule has 1 aliphatic carbocycles. The van der Waals surface area contributed by atoms with Gasteiger partial charge in [-0.3, -0.25) is 9.69 Å². The minimum absolute atomic E-state index is 0.0106. The third-order valence-electron chi connectivity index (χ3n) is 4.16. The second kappa shape index (κ2) is 7.53. The summed E-state index contributed by atoms with van der Waals surface area (Å²) in [6.07, 6.45) is 1.15. The van der Waals surface area contributed by atoms with Crippen molar-refractivity contribution >= 4 is 23.2 Å². The smallest absolute Gasteiger partial charge is 0.324 e. The predicted molar refractivity (Wildman–Crippen MR) is 84.6 cm³/mol. The number of amides is 1. The van der Waals surface area contributed by atoms with Crippen molar-refractivity contribution < 1.29 is 18.0 Å². The second-order valence-corrected chi connectivity index (χ2v) is 6.35. The fourth-order valence-electron chi connectivity index (χ4n) is 2.86. The van der Waals surface area contributed by atoms with Crippen molar-refractivity contribution in [1.82, 2.24) is 4.90 Å². The number of rotatable bonds is 4. The molecule has 1 N–H and O–H groups in total. The number of benzene rings is 1. The lowest BCUT2D eigenvalue weighted by Crippen LogP contribution is -2.39. The van der Waals surface area contributed by atoms with E-state index in [0.29, 0.717) is 6.04 Å². The molecule has 0 heterocycles. The standard InChI is InChI=1S/C16H20ClF3N2O/c1-22(12-5-3-2-4-6-12)10-15(23)21-14-9-11(16(18,19)20)7-8-13(14)17/h7-9,12H,2-6,10H2,1H3,(H,21,23). The molecule has 1 saturated carbocycles. The molecule has 0 bridgehead atoms. The Morgan fingerprint density at radius 2 is 1.96 bits per heavy atom. The zero-order valence-corrected chi connectivity index (χ0v) is 13.7. The minimum atomic E-state index is -4.47. The van der Waals surface area contributed by atoms with E-state index < -0.39 is 11.7 Å².